The summed E-state index contributed by atoms with van der Waals surface area (Å²) in [7, 11) is 0. The van der Waals surface area contributed by atoms with Gasteiger partial charge in [-0.05, 0) is 48.8 Å². The monoisotopic (exact) mass is 245 g/mol. The lowest BCUT2D eigenvalue weighted by atomic mass is 10.1. The van der Waals surface area contributed by atoms with Crippen molar-refractivity contribution in [1.29, 1.82) is 0 Å². The van der Waals surface area contributed by atoms with Crippen molar-refractivity contribution in [2.75, 3.05) is 11.9 Å². The van der Waals surface area contributed by atoms with Crippen LogP contribution in [0.15, 0.2) is 17.6 Å². The van der Waals surface area contributed by atoms with Gasteiger partial charge in [0, 0.05) is 12.7 Å². The normalized spacial score (nSPS) is 13.7. The van der Waals surface area contributed by atoms with Crippen LogP contribution in [0.25, 0.3) is 10.6 Å². The molecule has 0 aliphatic heterocycles. The van der Waals surface area contributed by atoms with Crippen LogP contribution in [0.5, 0.6) is 0 Å². The molecule has 2 heterocycles. The van der Waals surface area contributed by atoms with E-state index in [1.807, 2.05) is 6.20 Å². The third-order valence-electron chi connectivity index (χ3n) is 3.05. The maximum Gasteiger partial charge on any atom is 0.223 e. The van der Waals surface area contributed by atoms with E-state index in [0.717, 1.165) is 31.0 Å². The van der Waals surface area contributed by atoms with Gasteiger partial charge in [-0.1, -0.05) is 0 Å². The Morgan fingerprint density at radius 3 is 3.12 bits per heavy atom. The minimum Gasteiger partial charge on any atom is -0.354 e. The predicted molar refractivity (Wildman–Crippen MR) is 71.5 cm³/mol. The molecular weight excluding hydrogens is 230 g/mol. The second-order valence-corrected chi connectivity index (χ2v) is 5.14. The Morgan fingerprint density at radius 1 is 1.35 bits per heavy atom. The van der Waals surface area contributed by atoms with Crippen LogP contribution >= 0.6 is 11.3 Å². The SMILES string of the molecule is CCNc1ncc2c(n1)-c1sccc1CCC2. The average molecular weight is 245 g/mol. The van der Waals surface area contributed by atoms with Crippen LogP contribution in [-0.2, 0) is 12.8 Å². The van der Waals surface area contributed by atoms with Crippen molar-refractivity contribution in [1.82, 2.24) is 9.97 Å². The molecule has 3 nitrogen and oxygen atoms in total. The number of aryl methyl sites for hydroxylation is 2. The zero-order valence-electron chi connectivity index (χ0n) is 9.86. The molecular formula is C13H15N3S. The van der Waals surface area contributed by atoms with Crippen molar-refractivity contribution in [2.24, 2.45) is 0 Å². The number of hydrogen-bond acceptors (Lipinski definition) is 4. The number of aromatic nitrogens is 2. The third kappa shape index (κ3) is 1.93. The molecule has 88 valence electrons. The highest BCUT2D eigenvalue weighted by Crippen LogP contribution is 2.35. The smallest absolute Gasteiger partial charge is 0.223 e. The average Bonchev–Trinajstić information content (AvgIpc) is 2.73. The molecule has 3 rings (SSSR count). The van der Waals surface area contributed by atoms with Crippen LogP contribution in [0.3, 0.4) is 0 Å². The summed E-state index contributed by atoms with van der Waals surface area (Å²) in [6, 6.07) is 2.23. The van der Waals surface area contributed by atoms with Gasteiger partial charge >= 0.3 is 0 Å². The standard InChI is InChI=1S/C13H15N3S/c1-2-14-13-15-8-10-5-3-4-9-6-7-17-12(9)11(10)16-13/h6-8H,2-5H2,1H3,(H,14,15,16). The van der Waals surface area contributed by atoms with Crippen LogP contribution in [0.1, 0.15) is 24.5 Å². The van der Waals surface area contributed by atoms with Crippen molar-refractivity contribution in [3.63, 3.8) is 0 Å². The zero-order valence-corrected chi connectivity index (χ0v) is 10.7. The largest absolute Gasteiger partial charge is 0.354 e. The Balaban J connectivity index is 2.12. The molecule has 0 aromatic carbocycles. The lowest BCUT2D eigenvalue weighted by Crippen LogP contribution is -2.04. The van der Waals surface area contributed by atoms with Crippen LogP contribution in [-0.4, -0.2) is 16.5 Å². The second-order valence-electron chi connectivity index (χ2n) is 4.23. The van der Waals surface area contributed by atoms with Gasteiger partial charge in [0.25, 0.3) is 0 Å². The molecule has 4 heteroatoms. The Bertz CT molecular complexity index is 533. The summed E-state index contributed by atoms with van der Waals surface area (Å²) >= 11 is 1.79. The highest BCUT2D eigenvalue weighted by Gasteiger charge is 2.17. The van der Waals surface area contributed by atoms with E-state index >= 15 is 0 Å². The summed E-state index contributed by atoms with van der Waals surface area (Å²) in [6.07, 6.45) is 5.42. The lowest BCUT2D eigenvalue weighted by Gasteiger charge is -2.07. The Kier molecular flexibility index (Phi) is 2.81. The van der Waals surface area contributed by atoms with Crippen molar-refractivity contribution < 1.29 is 0 Å². The molecule has 17 heavy (non-hydrogen) atoms. The minimum absolute atomic E-state index is 0.743. The number of nitrogens with zero attached hydrogens (tertiary/aromatic N) is 2. The molecule has 0 atom stereocenters. The summed E-state index contributed by atoms with van der Waals surface area (Å²) in [5, 5.41) is 5.34. The molecule has 0 saturated carbocycles. The van der Waals surface area contributed by atoms with Crippen molar-refractivity contribution in [3.8, 4) is 10.6 Å². The molecule has 0 radical (unpaired) electrons. The highest BCUT2D eigenvalue weighted by atomic mass is 32.1. The molecule has 1 aliphatic carbocycles. The molecule has 0 unspecified atom stereocenters. The number of fused-ring (bicyclic) bond motifs is 3. The van der Waals surface area contributed by atoms with E-state index < -0.39 is 0 Å². The minimum atomic E-state index is 0.743. The molecule has 1 aliphatic rings. The summed E-state index contributed by atoms with van der Waals surface area (Å²) in [5.74, 6) is 0.743. The predicted octanol–water partition coefficient (Wildman–Crippen LogP) is 3.13. The lowest BCUT2D eigenvalue weighted by molar-refractivity contribution is 0.829. The first kappa shape index (κ1) is 10.7. The second kappa shape index (κ2) is 4.45. The first-order valence-corrected chi connectivity index (χ1v) is 6.93. The number of nitrogens with one attached hydrogen (secondary N) is 1. The van der Waals surface area contributed by atoms with E-state index in [-0.39, 0.29) is 0 Å². The fourth-order valence-electron chi connectivity index (χ4n) is 2.24. The van der Waals surface area contributed by atoms with Crippen molar-refractivity contribution in [3.05, 3.63) is 28.8 Å². The number of anilines is 1. The summed E-state index contributed by atoms with van der Waals surface area (Å²) in [5.41, 5.74) is 3.86. The fraction of sp³-hybridized carbons (Fsp3) is 0.385. The Hall–Kier alpha value is -1.42. The summed E-state index contributed by atoms with van der Waals surface area (Å²) < 4.78 is 0. The summed E-state index contributed by atoms with van der Waals surface area (Å²) in [4.78, 5) is 10.4. The van der Waals surface area contributed by atoms with E-state index in [4.69, 9.17) is 0 Å². The van der Waals surface area contributed by atoms with Crippen molar-refractivity contribution in [2.45, 2.75) is 26.2 Å². The highest BCUT2D eigenvalue weighted by molar-refractivity contribution is 7.13. The number of rotatable bonds is 2. The van der Waals surface area contributed by atoms with E-state index in [9.17, 15) is 0 Å². The third-order valence-corrected chi connectivity index (χ3v) is 4.02. The van der Waals surface area contributed by atoms with Gasteiger partial charge in [-0.15, -0.1) is 11.3 Å². The van der Waals surface area contributed by atoms with E-state index in [2.05, 4.69) is 33.7 Å². The van der Waals surface area contributed by atoms with Gasteiger partial charge in [0.05, 0.1) is 10.6 Å². The maximum atomic E-state index is 4.66. The van der Waals surface area contributed by atoms with Gasteiger partial charge < -0.3 is 5.32 Å². The van der Waals surface area contributed by atoms with Crippen LogP contribution < -0.4 is 5.32 Å². The first-order chi connectivity index (χ1) is 8.38. The molecule has 0 spiro atoms. The van der Waals surface area contributed by atoms with Gasteiger partial charge in [0.15, 0.2) is 0 Å². The van der Waals surface area contributed by atoms with Crippen LogP contribution in [0.2, 0.25) is 0 Å². The van der Waals surface area contributed by atoms with Gasteiger partial charge in [-0.3, -0.25) is 0 Å². The molecule has 0 bridgehead atoms. The van der Waals surface area contributed by atoms with Gasteiger partial charge in [-0.25, -0.2) is 9.97 Å². The zero-order chi connectivity index (χ0) is 11.7. The van der Waals surface area contributed by atoms with Gasteiger partial charge in [-0.2, -0.15) is 0 Å². The first-order valence-electron chi connectivity index (χ1n) is 6.05. The number of thiophene rings is 1. The Labute approximate surface area is 105 Å². The summed E-state index contributed by atoms with van der Waals surface area (Å²) in [6.45, 7) is 2.92. The molecule has 2 aromatic rings. The van der Waals surface area contributed by atoms with E-state index in [0.29, 0.717) is 0 Å². The quantitative estimate of drug-likeness (QED) is 0.883. The van der Waals surface area contributed by atoms with Crippen LogP contribution in [0.4, 0.5) is 5.95 Å². The maximum absolute atomic E-state index is 4.66. The number of hydrogen-bond donors (Lipinski definition) is 1. The topological polar surface area (TPSA) is 37.8 Å². The van der Waals surface area contributed by atoms with E-state index in [1.54, 1.807) is 11.3 Å². The molecule has 0 saturated heterocycles. The fourth-order valence-corrected chi connectivity index (χ4v) is 3.22. The van der Waals surface area contributed by atoms with E-state index in [1.165, 1.54) is 22.4 Å². The molecule has 1 N–H and O–H groups in total. The van der Waals surface area contributed by atoms with Gasteiger partial charge in [0.2, 0.25) is 5.95 Å². The van der Waals surface area contributed by atoms with Crippen LogP contribution in [0, 0.1) is 0 Å². The van der Waals surface area contributed by atoms with Gasteiger partial charge in [0.1, 0.15) is 0 Å². The molecule has 0 amide bonds. The molecule has 2 aromatic heterocycles. The van der Waals surface area contributed by atoms with Crippen molar-refractivity contribution >= 4 is 17.3 Å². The Morgan fingerprint density at radius 2 is 2.24 bits per heavy atom. The molecule has 0 fully saturated rings.